The van der Waals surface area contributed by atoms with Crippen molar-refractivity contribution >= 4 is 23.7 Å². The number of imidazole rings is 2. The number of amides is 3. The van der Waals surface area contributed by atoms with Crippen LogP contribution in [0.5, 0.6) is 0 Å². The molecule has 5 unspecified atom stereocenters. The summed E-state index contributed by atoms with van der Waals surface area (Å²) in [7, 11) is 0. The van der Waals surface area contributed by atoms with Crippen LogP contribution in [0.2, 0.25) is 0 Å². The summed E-state index contributed by atoms with van der Waals surface area (Å²) in [6, 6.07) is -4.86. The van der Waals surface area contributed by atoms with Gasteiger partial charge in [-0.05, 0) is 12.8 Å². The van der Waals surface area contributed by atoms with Crippen LogP contribution in [0.3, 0.4) is 0 Å². The molecule has 0 aliphatic rings. The number of carboxylic acid groups (broad SMARTS) is 1. The van der Waals surface area contributed by atoms with Gasteiger partial charge in [-0.1, -0.05) is 13.8 Å². The Bertz CT molecular complexity index is 976. The van der Waals surface area contributed by atoms with E-state index in [9.17, 15) is 29.4 Å². The first-order valence-electron chi connectivity index (χ1n) is 11.0. The Morgan fingerprint density at radius 3 is 1.83 bits per heavy atom. The molecular weight excluding hydrogens is 460 g/mol. The van der Waals surface area contributed by atoms with Crippen molar-refractivity contribution in [1.29, 1.82) is 0 Å². The predicted octanol–water partition coefficient (Wildman–Crippen LogP) is -2.18. The molecule has 0 saturated carbocycles. The molecule has 3 amide bonds. The van der Waals surface area contributed by atoms with Crippen molar-refractivity contribution in [2.75, 3.05) is 0 Å². The van der Waals surface area contributed by atoms with Gasteiger partial charge in [0.15, 0.2) is 0 Å². The van der Waals surface area contributed by atoms with Gasteiger partial charge < -0.3 is 41.9 Å². The minimum atomic E-state index is -1.40. The van der Waals surface area contributed by atoms with Crippen LogP contribution < -0.4 is 21.7 Å². The summed E-state index contributed by atoms with van der Waals surface area (Å²) in [6.07, 6.45) is 4.22. The Morgan fingerprint density at radius 1 is 0.886 bits per heavy atom. The number of carbonyl (C=O) groups is 4. The summed E-state index contributed by atoms with van der Waals surface area (Å²) in [5.74, 6) is -3.76. The third kappa shape index (κ3) is 8.19. The maximum absolute atomic E-state index is 13.0. The van der Waals surface area contributed by atoms with E-state index >= 15 is 0 Å². The van der Waals surface area contributed by atoms with Crippen LogP contribution in [0.15, 0.2) is 25.0 Å². The molecule has 0 spiro atoms. The van der Waals surface area contributed by atoms with Crippen molar-refractivity contribution in [3.8, 4) is 0 Å². The average molecular weight is 493 g/mol. The summed E-state index contributed by atoms with van der Waals surface area (Å²) < 4.78 is 0. The fourth-order valence-corrected chi connectivity index (χ4v) is 3.13. The Hall–Kier alpha value is -3.78. The summed E-state index contributed by atoms with van der Waals surface area (Å²) >= 11 is 0. The molecule has 192 valence electrons. The third-order valence-electron chi connectivity index (χ3n) is 5.29. The minimum absolute atomic E-state index is 0.0556. The normalized spacial score (nSPS) is 15.5. The highest BCUT2D eigenvalue weighted by molar-refractivity contribution is 5.94. The molecule has 0 fully saturated rings. The molecule has 0 aromatic carbocycles. The lowest BCUT2D eigenvalue weighted by atomic mass is 10.0. The number of carboxylic acids is 1. The standard InChI is InChI=1S/C21H32N8O6/c1-10(2)16(22)19(32)29-17(11(3)30)20(33)27-14(4-12-6-23-8-25-12)18(31)28-15(21(34)35)5-13-7-24-9-26-13/h6-11,14-17,30H,4-5,22H2,1-3H3,(H,23,25)(H,24,26)(H,27,33)(H,28,31)(H,29,32)(H,34,35). The zero-order chi connectivity index (χ0) is 26.1. The van der Waals surface area contributed by atoms with Crippen LogP contribution in [0.4, 0.5) is 0 Å². The van der Waals surface area contributed by atoms with E-state index in [0.717, 1.165) is 0 Å². The smallest absolute Gasteiger partial charge is 0.326 e. The molecule has 2 rings (SSSR count). The van der Waals surface area contributed by atoms with Crippen LogP contribution in [0.25, 0.3) is 0 Å². The molecule has 0 bridgehead atoms. The Balaban J connectivity index is 2.18. The fraction of sp³-hybridized carbons (Fsp3) is 0.524. The second-order valence-electron chi connectivity index (χ2n) is 8.52. The number of aliphatic carboxylic acids is 1. The number of nitrogens with two attached hydrogens (primary N) is 1. The minimum Gasteiger partial charge on any atom is -0.480 e. The molecule has 2 aromatic heterocycles. The molecular formula is C21H32N8O6. The molecule has 2 heterocycles. The van der Waals surface area contributed by atoms with Crippen molar-refractivity contribution in [3.63, 3.8) is 0 Å². The van der Waals surface area contributed by atoms with Crippen LogP contribution in [0, 0.1) is 5.92 Å². The number of nitrogens with zero attached hydrogens (tertiary/aromatic N) is 2. The lowest BCUT2D eigenvalue weighted by molar-refractivity contribution is -0.142. The van der Waals surface area contributed by atoms with Gasteiger partial charge in [0, 0.05) is 36.6 Å². The molecule has 9 N–H and O–H groups in total. The topological polar surface area (TPSA) is 228 Å². The Morgan fingerprint density at radius 2 is 1.40 bits per heavy atom. The molecule has 0 aliphatic carbocycles. The van der Waals surface area contributed by atoms with E-state index in [1.807, 2.05) is 0 Å². The molecule has 0 saturated heterocycles. The largest absolute Gasteiger partial charge is 0.480 e. The Kier molecular flexibility index (Phi) is 9.90. The molecule has 2 aromatic rings. The van der Waals surface area contributed by atoms with Gasteiger partial charge in [-0.25, -0.2) is 14.8 Å². The van der Waals surface area contributed by atoms with E-state index in [4.69, 9.17) is 5.73 Å². The van der Waals surface area contributed by atoms with Crippen LogP contribution in [-0.4, -0.2) is 84.1 Å². The first kappa shape index (κ1) is 27.5. The quantitative estimate of drug-likeness (QED) is 0.152. The second-order valence-corrected chi connectivity index (χ2v) is 8.52. The highest BCUT2D eigenvalue weighted by atomic mass is 16.4. The molecule has 5 atom stereocenters. The van der Waals surface area contributed by atoms with E-state index in [0.29, 0.717) is 11.4 Å². The molecule has 0 radical (unpaired) electrons. The monoisotopic (exact) mass is 492 g/mol. The van der Waals surface area contributed by atoms with Gasteiger partial charge in [0.1, 0.15) is 18.1 Å². The van der Waals surface area contributed by atoms with Crippen molar-refractivity contribution in [2.45, 2.75) is 63.9 Å². The van der Waals surface area contributed by atoms with E-state index < -0.39 is 54.0 Å². The number of aliphatic hydroxyl groups is 1. The van der Waals surface area contributed by atoms with E-state index in [-0.39, 0.29) is 18.8 Å². The highest BCUT2D eigenvalue weighted by Crippen LogP contribution is 2.06. The zero-order valence-electron chi connectivity index (χ0n) is 19.7. The van der Waals surface area contributed by atoms with Gasteiger partial charge in [-0.15, -0.1) is 0 Å². The number of hydrogen-bond acceptors (Lipinski definition) is 8. The van der Waals surface area contributed by atoms with Crippen molar-refractivity contribution in [1.82, 2.24) is 35.9 Å². The van der Waals surface area contributed by atoms with Crippen LogP contribution in [-0.2, 0) is 32.0 Å². The SMILES string of the molecule is CC(C)C(N)C(=O)NC(C(=O)NC(Cc1cnc[nH]1)C(=O)NC(Cc1cnc[nH]1)C(=O)O)C(C)O. The number of aromatic nitrogens is 4. The van der Waals surface area contributed by atoms with E-state index in [1.54, 1.807) is 13.8 Å². The number of rotatable bonds is 13. The summed E-state index contributed by atoms with van der Waals surface area (Å²) in [6.45, 7) is 4.77. The first-order chi connectivity index (χ1) is 16.5. The van der Waals surface area contributed by atoms with Gasteiger partial charge in [-0.2, -0.15) is 0 Å². The number of H-pyrrole nitrogens is 2. The van der Waals surface area contributed by atoms with E-state index in [2.05, 4.69) is 35.9 Å². The average Bonchev–Trinajstić information content (AvgIpc) is 3.49. The second kappa shape index (κ2) is 12.6. The lowest BCUT2D eigenvalue weighted by Gasteiger charge is -2.26. The number of nitrogens with one attached hydrogen (secondary N) is 5. The van der Waals surface area contributed by atoms with Crippen molar-refractivity contribution in [2.24, 2.45) is 11.7 Å². The molecule has 0 aliphatic heterocycles. The van der Waals surface area contributed by atoms with E-state index in [1.165, 1.54) is 32.0 Å². The zero-order valence-corrected chi connectivity index (χ0v) is 19.7. The highest BCUT2D eigenvalue weighted by Gasteiger charge is 2.33. The van der Waals surface area contributed by atoms with Crippen LogP contribution in [0.1, 0.15) is 32.2 Å². The number of carbonyl (C=O) groups excluding carboxylic acids is 3. The number of hydrogen-bond donors (Lipinski definition) is 8. The lowest BCUT2D eigenvalue weighted by Crippen LogP contribution is -2.60. The predicted molar refractivity (Wildman–Crippen MR) is 123 cm³/mol. The maximum atomic E-state index is 13.0. The number of aliphatic hydroxyl groups excluding tert-OH is 1. The summed E-state index contributed by atoms with van der Waals surface area (Å²) in [5, 5.41) is 27.0. The number of aromatic amines is 2. The van der Waals surface area contributed by atoms with Crippen LogP contribution >= 0.6 is 0 Å². The summed E-state index contributed by atoms with van der Waals surface area (Å²) in [5.41, 5.74) is 6.81. The molecule has 35 heavy (non-hydrogen) atoms. The fourth-order valence-electron chi connectivity index (χ4n) is 3.13. The van der Waals surface area contributed by atoms with Gasteiger partial charge >= 0.3 is 5.97 Å². The third-order valence-corrected chi connectivity index (χ3v) is 5.29. The van der Waals surface area contributed by atoms with Gasteiger partial charge in [0.05, 0.1) is 24.8 Å². The Labute approximate surface area is 201 Å². The summed E-state index contributed by atoms with van der Waals surface area (Å²) in [4.78, 5) is 63.4. The molecule has 14 heteroatoms. The van der Waals surface area contributed by atoms with Gasteiger partial charge in [0.2, 0.25) is 17.7 Å². The first-order valence-corrected chi connectivity index (χ1v) is 11.0. The van der Waals surface area contributed by atoms with Crippen molar-refractivity contribution < 1.29 is 29.4 Å². The van der Waals surface area contributed by atoms with Gasteiger partial charge in [0.25, 0.3) is 0 Å². The molecule has 14 nitrogen and oxygen atoms in total. The maximum Gasteiger partial charge on any atom is 0.326 e. The van der Waals surface area contributed by atoms with Gasteiger partial charge in [-0.3, -0.25) is 14.4 Å². The van der Waals surface area contributed by atoms with Crippen molar-refractivity contribution in [3.05, 3.63) is 36.4 Å².